The number of aliphatic hydroxyl groups is 1. The molecule has 8 fully saturated rings. The Bertz CT molecular complexity index is 1020. The fraction of sp³-hybridized carbons (Fsp3) is 1.00. The Morgan fingerprint density at radius 1 is 0.333 bits per heavy atom. The molecular formula is C59H124N6O4. The molecule has 0 aromatic carbocycles. The van der Waals surface area contributed by atoms with Crippen LogP contribution in [0.1, 0.15) is 195 Å². The van der Waals surface area contributed by atoms with Crippen molar-refractivity contribution in [3.8, 4) is 0 Å². The molecule has 8 rings (SSSR count). The van der Waals surface area contributed by atoms with Gasteiger partial charge in [0.25, 0.3) is 0 Å². The monoisotopic (exact) mass is 981 g/mol. The van der Waals surface area contributed by atoms with E-state index in [9.17, 15) is 5.11 Å². The van der Waals surface area contributed by atoms with Crippen molar-refractivity contribution in [1.29, 1.82) is 0 Å². The number of likely N-dealkylation sites (tertiary alicyclic amines) is 5. The van der Waals surface area contributed by atoms with Crippen molar-refractivity contribution in [3.05, 3.63) is 0 Å². The Morgan fingerprint density at radius 3 is 0.855 bits per heavy atom. The van der Waals surface area contributed by atoms with Gasteiger partial charge in [0.15, 0.2) is 0 Å². The van der Waals surface area contributed by atoms with E-state index in [0.29, 0.717) is 12.1 Å². The summed E-state index contributed by atoms with van der Waals surface area (Å²) in [5.41, 5.74) is 0. The summed E-state index contributed by atoms with van der Waals surface area (Å²) in [6, 6.07) is 4.42. The first-order chi connectivity index (χ1) is 32.7. The Balaban J connectivity index is 0.000000395. The third-order valence-corrected chi connectivity index (χ3v) is 15.8. The van der Waals surface area contributed by atoms with Crippen molar-refractivity contribution in [2.45, 2.75) is 237 Å². The maximum Gasteiger partial charge on any atom is 0.0594 e. The number of nitrogens with zero attached hydrogens (tertiary/aromatic N) is 6. The normalized spacial score (nSPS) is 23.2. The second-order valence-electron chi connectivity index (χ2n) is 24.2. The summed E-state index contributed by atoms with van der Waals surface area (Å²) >= 11 is 0. The summed E-state index contributed by atoms with van der Waals surface area (Å²) in [6.07, 6.45) is 15.8. The van der Waals surface area contributed by atoms with Gasteiger partial charge >= 0.3 is 0 Å². The molecule has 1 N–H and O–H groups in total. The van der Waals surface area contributed by atoms with Gasteiger partial charge in [-0.05, 0) is 210 Å². The zero-order valence-corrected chi connectivity index (χ0v) is 49.5. The lowest BCUT2D eigenvalue weighted by atomic mass is 9.89. The number of ether oxygens (including phenoxy) is 3. The number of morpholine rings is 1. The van der Waals surface area contributed by atoms with Gasteiger partial charge in [-0.25, -0.2) is 0 Å². The van der Waals surface area contributed by atoms with Gasteiger partial charge in [0.05, 0.1) is 32.5 Å². The summed E-state index contributed by atoms with van der Waals surface area (Å²) in [5, 5.41) is 9.18. The fourth-order valence-corrected chi connectivity index (χ4v) is 9.81. The van der Waals surface area contributed by atoms with Crippen molar-refractivity contribution in [3.63, 3.8) is 0 Å². The number of aliphatic hydroxyl groups excluding tert-OH is 1. The maximum absolute atomic E-state index is 9.18. The van der Waals surface area contributed by atoms with E-state index in [0.717, 1.165) is 132 Å². The summed E-state index contributed by atoms with van der Waals surface area (Å²) in [5.74, 6) is 4.43. The van der Waals surface area contributed by atoms with Gasteiger partial charge in [-0.1, -0.05) is 47.5 Å². The minimum absolute atomic E-state index is 0.0324. The van der Waals surface area contributed by atoms with Crippen molar-refractivity contribution >= 4 is 0 Å². The topological polar surface area (TPSA) is 67.4 Å². The van der Waals surface area contributed by atoms with E-state index in [-0.39, 0.29) is 6.10 Å². The molecule has 0 radical (unpaired) electrons. The van der Waals surface area contributed by atoms with Gasteiger partial charge in [0.1, 0.15) is 0 Å². The first-order valence-electron chi connectivity index (χ1n) is 29.6. The largest absolute Gasteiger partial charge is 0.393 e. The molecule has 8 saturated heterocycles. The van der Waals surface area contributed by atoms with Gasteiger partial charge in [-0.2, -0.15) is 0 Å². The molecule has 0 amide bonds. The summed E-state index contributed by atoms with van der Waals surface area (Å²) < 4.78 is 15.5. The van der Waals surface area contributed by atoms with Crippen molar-refractivity contribution in [2.75, 3.05) is 118 Å². The van der Waals surface area contributed by atoms with E-state index in [1.165, 1.54) is 117 Å². The van der Waals surface area contributed by atoms with Crippen molar-refractivity contribution in [1.82, 2.24) is 29.4 Å². The van der Waals surface area contributed by atoms with Crippen LogP contribution in [0.4, 0.5) is 0 Å². The van der Waals surface area contributed by atoms with Gasteiger partial charge in [-0.3, -0.25) is 4.90 Å². The SMILES string of the molecule is CC(C)C1CCOCC1.CC(C)C1COC1.CC(C)N1CCC(O)CC1.CC(C)N1CCCC1.CC(C)N1CCCCC1.CC(C)N1CCCCC1.CC(C)N1CCOCC1.CC1CN(C(C)C)C1. The van der Waals surface area contributed by atoms with Crippen molar-refractivity contribution < 1.29 is 19.3 Å². The first kappa shape index (κ1) is 66.6. The fourth-order valence-electron chi connectivity index (χ4n) is 9.81. The minimum Gasteiger partial charge on any atom is -0.393 e. The lowest BCUT2D eigenvalue weighted by Crippen LogP contribution is -2.48. The molecule has 0 saturated carbocycles. The molecule has 69 heavy (non-hydrogen) atoms. The molecule has 0 aliphatic carbocycles. The highest BCUT2D eigenvalue weighted by Gasteiger charge is 2.24. The average Bonchev–Trinajstić information content (AvgIpc) is 3.86. The molecule has 0 spiro atoms. The number of hydrogen-bond acceptors (Lipinski definition) is 10. The van der Waals surface area contributed by atoms with E-state index in [1.54, 1.807) is 0 Å². The standard InChI is InChI=1S/C8H17NO.2C8H17N.C8H16O.C7H15NO.2C7H15N.C6H12O/c1-7(2)9-5-3-8(10)4-6-9;2*1-8(2)9-6-4-3-5-7-9;2*1-7(2)8-3-5-9-6-4-8;1-6(2)8-4-7(3)5-8;1-7(2)8-5-3-4-6-8;1-5(2)6-3-7-4-6/h7-8,10H,3-6H2,1-2H3;2*8H,3-7H2,1-2H3;7-8H,3-6H2,1-2H3;7H,3-6H2,1-2H3;6-7H,4-5H2,1-3H3;7H,3-6H2,1-2H3;5-6H,3-4H2,1-2H3. The average molecular weight is 982 g/mol. The molecule has 8 aliphatic rings. The third kappa shape index (κ3) is 32.5. The number of hydrogen-bond donors (Lipinski definition) is 1. The Labute approximate surface area is 432 Å². The molecule has 8 heterocycles. The molecule has 0 unspecified atom stereocenters. The molecule has 0 aromatic rings. The van der Waals surface area contributed by atoms with Crippen LogP contribution >= 0.6 is 0 Å². The van der Waals surface area contributed by atoms with E-state index in [4.69, 9.17) is 14.2 Å². The molecule has 0 bridgehead atoms. The Kier molecular flexibility index (Phi) is 38.6. The highest BCUT2D eigenvalue weighted by molar-refractivity contribution is 4.78. The lowest BCUT2D eigenvalue weighted by molar-refractivity contribution is -0.0534. The summed E-state index contributed by atoms with van der Waals surface area (Å²) in [4.78, 5) is 15.0. The van der Waals surface area contributed by atoms with E-state index < -0.39 is 0 Å². The highest BCUT2D eigenvalue weighted by atomic mass is 16.5. The molecule has 0 atom stereocenters. The molecular weight excluding hydrogens is 857 g/mol. The minimum atomic E-state index is -0.0324. The summed E-state index contributed by atoms with van der Waals surface area (Å²) in [6.45, 7) is 59.2. The van der Waals surface area contributed by atoms with E-state index >= 15 is 0 Å². The van der Waals surface area contributed by atoms with Gasteiger partial charge in [0, 0.05) is 94.7 Å². The molecule has 8 aliphatic heterocycles. The van der Waals surface area contributed by atoms with Gasteiger partial charge in [-0.15, -0.1) is 0 Å². The molecule has 10 heteroatoms. The zero-order chi connectivity index (χ0) is 51.7. The van der Waals surface area contributed by atoms with Crippen LogP contribution in [-0.4, -0.2) is 195 Å². The third-order valence-electron chi connectivity index (χ3n) is 15.8. The zero-order valence-electron chi connectivity index (χ0n) is 49.5. The van der Waals surface area contributed by atoms with Crippen LogP contribution in [0.5, 0.6) is 0 Å². The maximum atomic E-state index is 9.18. The number of rotatable bonds is 8. The second-order valence-corrected chi connectivity index (χ2v) is 24.2. The quantitative estimate of drug-likeness (QED) is 0.254. The number of piperidine rings is 3. The van der Waals surface area contributed by atoms with Crippen LogP contribution in [0, 0.1) is 29.6 Å². The summed E-state index contributed by atoms with van der Waals surface area (Å²) in [7, 11) is 0. The van der Waals surface area contributed by atoms with E-state index in [1.807, 2.05) is 0 Å². The van der Waals surface area contributed by atoms with Crippen LogP contribution in [-0.2, 0) is 14.2 Å². The highest BCUT2D eigenvalue weighted by Crippen LogP contribution is 2.23. The molecule has 414 valence electrons. The van der Waals surface area contributed by atoms with E-state index in [2.05, 4.69) is 147 Å². The second kappa shape index (κ2) is 40.0. The lowest BCUT2D eigenvalue weighted by Gasteiger charge is -2.40. The Hall–Kier alpha value is -0.400. The van der Waals surface area contributed by atoms with Crippen LogP contribution in [0.3, 0.4) is 0 Å². The van der Waals surface area contributed by atoms with Crippen molar-refractivity contribution in [2.24, 2.45) is 29.6 Å². The predicted molar refractivity (Wildman–Crippen MR) is 300 cm³/mol. The van der Waals surface area contributed by atoms with Gasteiger partial charge in [0.2, 0.25) is 0 Å². The van der Waals surface area contributed by atoms with Crippen LogP contribution < -0.4 is 0 Å². The molecule has 0 aromatic heterocycles. The van der Waals surface area contributed by atoms with Crippen LogP contribution in [0.15, 0.2) is 0 Å². The van der Waals surface area contributed by atoms with Crippen LogP contribution in [0.25, 0.3) is 0 Å². The van der Waals surface area contributed by atoms with Gasteiger partial charge < -0.3 is 43.8 Å². The first-order valence-corrected chi connectivity index (χ1v) is 29.6. The van der Waals surface area contributed by atoms with Crippen LogP contribution in [0.2, 0.25) is 0 Å². The molecule has 10 nitrogen and oxygen atoms in total. The Morgan fingerprint density at radius 2 is 0.638 bits per heavy atom. The smallest absolute Gasteiger partial charge is 0.0594 e. The predicted octanol–water partition coefficient (Wildman–Crippen LogP) is 11.5.